The van der Waals surface area contributed by atoms with Crippen molar-refractivity contribution in [2.24, 2.45) is 0 Å². The number of nitrogens with zero attached hydrogens (tertiary/aromatic N) is 2. The van der Waals surface area contributed by atoms with Crippen LogP contribution in [0.15, 0.2) is 0 Å². The van der Waals surface area contributed by atoms with Crippen LogP contribution in [-0.4, -0.2) is 65.0 Å². The van der Waals surface area contributed by atoms with Gasteiger partial charge in [-0.05, 0) is 26.7 Å². The minimum atomic E-state index is -1.00. The Morgan fingerprint density at radius 2 is 2.11 bits per heavy atom. The predicted molar refractivity (Wildman–Crippen MR) is 68.7 cm³/mol. The third kappa shape index (κ3) is 3.59. The lowest BCUT2D eigenvalue weighted by Crippen LogP contribution is -2.52. The van der Waals surface area contributed by atoms with E-state index in [1.54, 1.807) is 14.0 Å². The van der Waals surface area contributed by atoms with E-state index in [2.05, 4.69) is 5.32 Å². The number of likely N-dealkylation sites (N-methyl/N-ethyl adjacent to an activating group) is 1. The van der Waals surface area contributed by atoms with Gasteiger partial charge in [0.15, 0.2) is 0 Å². The van der Waals surface area contributed by atoms with Crippen molar-refractivity contribution in [1.29, 1.82) is 0 Å². The summed E-state index contributed by atoms with van der Waals surface area (Å²) < 4.78 is 0. The molecule has 7 nitrogen and oxygen atoms in total. The fraction of sp³-hybridized carbons (Fsp3) is 0.750. The number of rotatable bonds is 4. The summed E-state index contributed by atoms with van der Waals surface area (Å²) in [5, 5.41) is 11.6. The molecular weight excluding hydrogens is 250 g/mol. The molecule has 1 fully saturated rings. The van der Waals surface area contributed by atoms with Gasteiger partial charge in [-0.25, -0.2) is 9.59 Å². The molecule has 0 saturated carbocycles. The van der Waals surface area contributed by atoms with Gasteiger partial charge < -0.3 is 20.2 Å². The van der Waals surface area contributed by atoms with Gasteiger partial charge in [0.1, 0.15) is 12.1 Å². The fourth-order valence-electron chi connectivity index (χ4n) is 2.08. The second-order valence-electron chi connectivity index (χ2n) is 4.71. The molecule has 0 aliphatic carbocycles. The van der Waals surface area contributed by atoms with Crippen LogP contribution in [-0.2, 0) is 9.59 Å². The van der Waals surface area contributed by atoms with Gasteiger partial charge in [-0.2, -0.15) is 0 Å². The quantitative estimate of drug-likeness (QED) is 0.759. The number of carbonyl (C=O) groups is 3. The highest BCUT2D eigenvalue weighted by molar-refractivity contribution is 5.88. The van der Waals surface area contributed by atoms with Gasteiger partial charge in [-0.3, -0.25) is 4.79 Å². The van der Waals surface area contributed by atoms with Crippen molar-refractivity contribution in [3.05, 3.63) is 0 Å². The molecule has 2 atom stereocenters. The van der Waals surface area contributed by atoms with Gasteiger partial charge in [0.25, 0.3) is 0 Å². The third-order valence-electron chi connectivity index (χ3n) is 3.36. The maximum atomic E-state index is 12.0. The van der Waals surface area contributed by atoms with E-state index >= 15 is 0 Å². The molecule has 19 heavy (non-hydrogen) atoms. The van der Waals surface area contributed by atoms with Crippen molar-refractivity contribution in [1.82, 2.24) is 15.1 Å². The van der Waals surface area contributed by atoms with Crippen LogP contribution in [0, 0.1) is 0 Å². The molecule has 108 valence electrons. The first kappa shape index (κ1) is 15.3. The Bertz CT molecular complexity index is 372. The third-order valence-corrected chi connectivity index (χ3v) is 3.36. The molecule has 1 aliphatic rings. The lowest BCUT2D eigenvalue weighted by Gasteiger charge is -2.25. The first-order chi connectivity index (χ1) is 8.88. The minimum absolute atomic E-state index is 0.193. The first-order valence-corrected chi connectivity index (χ1v) is 6.43. The Hall–Kier alpha value is -1.79. The van der Waals surface area contributed by atoms with E-state index in [0.717, 1.165) is 0 Å². The summed E-state index contributed by atoms with van der Waals surface area (Å²) in [6.45, 7) is 4.40. The van der Waals surface area contributed by atoms with Crippen LogP contribution >= 0.6 is 0 Å². The molecule has 1 heterocycles. The molecule has 2 N–H and O–H groups in total. The largest absolute Gasteiger partial charge is 0.480 e. The number of amides is 3. The number of aliphatic carboxylic acids is 1. The van der Waals surface area contributed by atoms with Gasteiger partial charge in [0.05, 0.1) is 0 Å². The number of likely N-dealkylation sites (tertiary alicyclic amines) is 1. The zero-order valence-electron chi connectivity index (χ0n) is 11.5. The van der Waals surface area contributed by atoms with E-state index in [4.69, 9.17) is 5.11 Å². The molecule has 1 aliphatic heterocycles. The van der Waals surface area contributed by atoms with Gasteiger partial charge in [-0.15, -0.1) is 0 Å². The standard InChI is InChI=1S/C12H21N3O4/c1-4-14(3)10(16)8(2)13-12(19)15-7-5-6-9(15)11(17)18/h8-9H,4-7H2,1-3H3,(H,13,19)(H,17,18)/t8?,9-/m0/s1. The maximum Gasteiger partial charge on any atom is 0.326 e. The highest BCUT2D eigenvalue weighted by Crippen LogP contribution is 2.17. The summed E-state index contributed by atoms with van der Waals surface area (Å²) in [5.41, 5.74) is 0. The van der Waals surface area contributed by atoms with Gasteiger partial charge >= 0.3 is 12.0 Å². The summed E-state index contributed by atoms with van der Waals surface area (Å²) in [5.74, 6) is -1.20. The molecule has 1 unspecified atom stereocenters. The molecule has 0 aromatic rings. The lowest BCUT2D eigenvalue weighted by molar-refractivity contribution is -0.141. The SMILES string of the molecule is CCN(C)C(=O)C(C)NC(=O)N1CCC[C@H]1C(=O)O. The Morgan fingerprint density at radius 3 is 2.63 bits per heavy atom. The van der Waals surface area contributed by atoms with Crippen LogP contribution < -0.4 is 5.32 Å². The average molecular weight is 271 g/mol. The highest BCUT2D eigenvalue weighted by atomic mass is 16.4. The fourth-order valence-corrected chi connectivity index (χ4v) is 2.08. The molecule has 0 aromatic carbocycles. The lowest BCUT2D eigenvalue weighted by atomic mass is 10.2. The Morgan fingerprint density at radius 1 is 1.47 bits per heavy atom. The van der Waals surface area contributed by atoms with Gasteiger partial charge in [-0.1, -0.05) is 0 Å². The molecule has 0 radical (unpaired) electrons. The average Bonchev–Trinajstić information content (AvgIpc) is 2.86. The van der Waals surface area contributed by atoms with Crippen LogP contribution in [0.5, 0.6) is 0 Å². The normalized spacial score (nSPS) is 19.9. The van der Waals surface area contributed by atoms with Crippen molar-refractivity contribution >= 4 is 17.9 Å². The summed E-state index contributed by atoms with van der Waals surface area (Å²) in [6, 6.07) is -1.94. The smallest absolute Gasteiger partial charge is 0.326 e. The van der Waals surface area contributed by atoms with Gasteiger partial charge in [0.2, 0.25) is 5.91 Å². The summed E-state index contributed by atoms with van der Waals surface area (Å²) in [4.78, 5) is 37.6. The second-order valence-corrected chi connectivity index (χ2v) is 4.71. The zero-order chi connectivity index (χ0) is 14.6. The van der Waals surface area contributed by atoms with Crippen molar-refractivity contribution in [3.63, 3.8) is 0 Å². The molecule has 7 heteroatoms. The van der Waals surface area contributed by atoms with Crippen LogP contribution in [0.25, 0.3) is 0 Å². The number of carboxylic acids is 1. The van der Waals surface area contributed by atoms with E-state index in [9.17, 15) is 14.4 Å². The predicted octanol–water partition coefficient (Wildman–Crippen LogP) is 0.112. The van der Waals surface area contributed by atoms with Crippen LogP contribution in [0.2, 0.25) is 0 Å². The van der Waals surface area contributed by atoms with E-state index < -0.39 is 24.1 Å². The summed E-state index contributed by atoms with van der Waals surface area (Å²) >= 11 is 0. The van der Waals surface area contributed by atoms with Crippen LogP contribution in [0.4, 0.5) is 4.79 Å². The Balaban J connectivity index is 2.59. The Kier molecular flexibility index (Phi) is 5.14. The Labute approximate surface area is 112 Å². The highest BCUT2D eigenvalue weighted by Gasteiger charge is 2.35. The van der Waals surface area contributed by atoms with Crippen molar-refractivity contribution in [3.8, 4) is 0 Å². The molecule has 0 aromatic heterocycles. The molecule has 0 spiro atoms. The summed E-state index contributed by atoms with van der Waals surface area (Å²) in [6.07, 6.45) is 1.13. The number of hydrogen-bond donors (Lipinski definition) is 2. The number of nitrogens with one attached hydrogen (secondary N) is 1. The number of urea groups is 1. The van der Waals surface area contributed by atoms with Crippen molar-refractivity contribution in [2.45, 2.75) is 38.8 Å². The molecule has 0 bridgehead atoms. The van der Waals surface area contributed by atoms with Crippen molar-refractivity contribution in [2.75, 3.05) is 20.1 Å². The molecule has 3 amide bonds. The topological polar surface area (TPSA) is 90.0 Å². The number of carbonyl (C=O) groups excluding carboxylic acids is 2. The minimum Gasteiger partial charge on any atom is -0.480 e. The maximum absolute atomic E-state index is 12.0. The first-order valence-electron chi connectivity index (χ1n) is 6.43. The molecule has 1 rings (SSSR count). The van der Waals surface area contributed by atoms with Crippen molar-refractivity contribution < 1.29 is 19.5 Å². The van der Waals surface area contributed by atoms with E-state index in [0.29, 0.717) is 25.9 Å². The van der Waals surface area contributed by atoms with Crippen LogP contribution in [0.3, 0.4) is 0 Å². The van der Waals surface area contributed by atoms with E-state index in [1.165, 1.54) is 9.80 Å². The zero-order valence-corrected chi connectivity index (χ0v) is 11.5. The summed E-state index contributed by atoms with van der Waals surface area (Å²) in [7, 11) is 1.65. The van der Waals surface area contributed by atoms with Crippen LogP contribution in [0.1, 0.15) is 26.7 Å². The number of carboxylic acid groups (broad SMARTS) is 1. The monoisotopic (exact) mass is 271 g/mol. The molecular formula is C12H21N3O4. The van der Waals surface area contributed by atoms with E-state index in [1.807, 2.05) is 6.92 Å². The number of hydrogen-bond acceptors (Lipinski definition) is 3. The molecule has 1 saturated heterocycles. The van der Waals surface area contributed by atoms with E-state index in [-0.39, 0.29) is 5.91 Å². The van der Waals surface area contributed by atoms with Gasteiger partial charge in [0, 0.05) is 20.1 Å². The second kappa shape index (κ2) is 6.40.